The summed E-state index contributed by atoms with van der Waals surface area (Å²) < 4.78 is 5.31. The Labute approximate surface area is 112 Å². The molecule has 0 aliphatic rings. The molecule has 2 rings (SSSR count). The number of nitrogen functional groups attached to an aromatic ring is 1. The summed E-state index contributed by atoms with van der Waals surface area (Å²) >= 11 is 0. The third-order valence-corrected chi connectivity index (χ3v) is 2.38. The molecule has 8 heteroatoms. The van der Waals surface area contributed by atoms with Crippen LogP contribution in [0, 0.1) is 10.1 Å². The van der Waals surface area contributed by atoms with Crippen molar-refractivity contribution in [3.63, 3.8) is 0 Å². The molecule has 2 aromatic rings. The highest BCUT2D eigenvalue weighted by molar-refractivity contribution is 5.88. The molecule has 20 heavy (non-hydrogen) atoms. The molecular weight excluding hydrogens is 266 g/mol. The van der Waals surface area contributed by atoms with E-state index >= 15 is 0 Å². The van der Waals surface area contributed by atoms with Gasteiger partial charge in [0.15, 0.2) is 0 Å². The number of aromatic nitrogens is 1. The summed E-state index contributed by atoms with van der Waals surface area (Å²) in [7, 11) is 0. The van der Waals surface area contributed by atoms with Crippen LogP contribution >= 0.6 is 0 Å². The number of nitro groups is 1. The highest BCUT2D eigenvalue weighted by Gasteiger charge is 2.14. The maximum atomic E-state index is 10.8. The van der Waals surface area contributed by atoms with Gasteiger partial charge in [0, 0.05) is 12.1 Å². The molecular formula is C12H9N3O5. The van der Waals surface area contributed by atoms with Crippen molar-refractivity contribution in [2.24, 2.45) is 0 Å². The Kier molecular flexibility index (Phi) is 3.47. The third kappa shape index (κ3) is 2.80. The first-order valence-electron chi connectivity index (χ1n) is 5.39. The molecule has 0 amide bonds. The number of ether oxygens (including phenoxy) is 1. The van der Waals surface area contributed by atoms with E-state index in [4.69, 9.17) is 15.6 Å². The van der Waals surface area contributed by atoms with Crippen LogP contribution in [0.1, 0.15) is 10.4 Å². The summed E-state index contributed by atoms with van der Waals surface area (Å²) in [4.78, 5) is 24.5. The lowest BCUT2D eigenvalue weighted by Gasteiger charge is -2.06. The van der Waals surface area contributed by atoms with Gasteiger partial charge in [-0.05, 0) is 18.2 Å². The number of hydrogen-bond acceptors (Lipinski definition) is 6. The zero-order chi connectivity index (χ0) is 14.7. The number of carboxylic acids is 1. The number of carboxylic acid groups (broad SMARTS) is 1. The number of rotatable bonds is 4. The van der Waals surface area contributed by atoms with Crippen LogP contribution in [0.5, 0.6) is 11.6 Å². The number of nitrogens with zero attached hydrogens (tertiary/aromatic N) is 2. The van der Waals surface area contributed by atoms with E-state index in [0.717, 1.165) is 0 Å². The molecule has 0 aliphatic heterocycles. The van der Waals surface area contributed by atoms with Gasteiger partial charge < -0.3 is 15.6 Å². The van der Waals surface area contributed by atoms with Crippen LogP contribution in [-0.4, -0.2) is 21.0 Å². The first-order chi connectivity index (χ1) is 9.47. The van der Waals surface area contributed by atoms with Gasteiger partial charge in [0.2, 0.25) is 11.7 Å². The molecule has 0 saturated heterocycles. The third-order valence-electron chi connectivity index (χ3n) is 2.38. The van der Waals surface area contributed by atoms with Gasteiger partial charge in [0.1, 0.15) is 5.75 Å². The fourth-order valence-electron chi connectivity index (χ4n) is 1.47. The van der Waals surface area contributed by atoms with E-state index in [1.165, 1.54) is 36.4 Å². The van der Waals surface area contributed by atoms with Crippen LogP contribution < -0.4 is 10.5 Å². The van der Waals surface area contributed by atoms with Gasteiger partial charge in [-0.3, -0.25) is 10.1 Å². The van der Waals surface area contributed by atoms with Crippen molar-refractivity contribution >= 4 is 17.5 Å². The SMILES string of the molecule is Nc1nc(Oc2cccc(C(=O)O)c2)ccc1[N+](=O)[O-]. The number of aromatic carboxylic acids is 1. The minimum atomic E-state index is -1.09. The van der Waals surface area contributed by atoms with E-state index in [1.54, 1.807) is 0 Å². The average molecular weight is 275 g/mol. The monoisotopic (exact) mass is 275 g/mol. The van der Waals surface area contributed by atoms with E-state index in [2.05, 4.69) is 4.98 Å². The van der Waals surface area contributed by atoms with Crippen LogP contribution in [-0.2, 0) is 0 Å². The molecule has 0 radical (unpaired) electrons. The molecule has 1 aromatic heterocycles. The molecule has 0 spiro atoms. The quantitative estimate of drug-likeness (QED) is 0.645. The lowest BCUT2D eigenvalue weighted by Crippen LogP contribution is -2.00. The molecule has 8 nitrogen and oxygen atoms in total. The van der Waals surface area contributed by atoms with Crippen molar-refractivity contribution in [3.8, 4) is 11.6 Å². The number of nitrogens with two attached hydrogens (primary N) is 1. The smallest absolute Gasteiger partial charge is 0.335 e. The molecule has 0 unspecified atom stereocenters. The van der Waals surface area contributed by atoms with Gasteiger partial charge in [0.25, 0.3) is 0 Å². The van der Waals surface area contributed by atoms with Crippen LogP contribution in [0.4, 0.5) is 11.5 Å². The number of hydrogen-bond donors (Lipinski definition) is 2. The maximum absolute atomic E-state index is 10.8. The number of pyridine rings is 1. The van der Waals surface area contributed by atoms with Gasteiger partial charge >= 0.3 is 11.7 Å². The molecule has 0 atom stereocenters. The first kappa shape index (κ1) is 13.3. The van der Waals surface area contributed by atoms with Gasteiger partial charge in [-0.2, -0.15) is 4.98 Å². The van der Waals surface area contributed by atoms with E-state index < -0.39 is 10.9 Å². The first-order valence-corrected chi connectivity index (χ1v) is 5.39. The Morgan fingerprint density at radius 3 is 2.70 bits per heavy atom. The summed E-state index contributed by atoms with van der Waals surface area (Å²) in [6.07, 6.45) is 0. The summed E-state index contributed by atoms with van der Waals surface area (Å²) in [6.45, 7) is 0. The van der Waals surface area contributed by atoms with E-state index in [-0.39, 0.29) is 28.7 Å². The van der Waals surface area contributed by atoms with E-state index in [1.807, 2.05) is 0 Å². The van der Waals surface area contributed by atoms with Crippen LogP contribution in [0.3, 0.4) is 0 Å². The second kappa shape index (κ2) is 5.22. The normalized spacial score (nSPS) is 10.0. The van der Waals surface area contributed by atoms with E-state index in [0.29, 0.717) is 0 Å². The van der Waals surface area contributed by atoms with Crippen molar-refractivity contribution in [2.75, 3.05) is 5.73 Å². The Balaban J connectivity index is 2.26. The average Bonchev–Trinajstić information content (AvgIpc) is 2.38. The topological polar surface area (TPSA) is 129 Å². The summed E-state index contributed by atoms with van der Waals surface area (Å²) in [5.41, 5.74) is 5.16. The van der Waals surface area contributed by atoms with Gasteiger partial charge in [-0.15, -0.1) is 0 Å². The lowest BCUT2D eigenvalue weighted by atomic mass is 10.2. The minimum absolute atomic E-state index is 0.0376. The Hall–Kier alpha value is -3.16. The van der Waals surface area contributed by atoms with Crippen LogP contribution in [0.2, 0.25) is 0 Å². The molecule has 3 N–H and O–H groups in total. The second-order valence-electron chi connectivity index (χ2n) is 3.75. The maximum Gasteiger partial charge on any atom is 0.335 e. The lowest BCUT2D eigenvalue weighted by molar-refractivity contribution is -0.384. The van der Waals surface area contributed by atoms with Crippen molar-refractivity contribution in [3.05, 3.63) is 52.1 Å². The van der Waals surface area contributed by atoms with Crippen LogP contribution in [0.15, 0.2) is 36.4 Å². The van der Waals surface area contributed by atoms with Gasteiger partial charge in [-0.25, -0.2) is 4.79 Å². The molecule has 0 saturated carbocycles. The highest BCUT2D eigenvalue weighted by atomic mass is 16.6. The summed E-state index contributed by atoms with van der Waals surface area (Å²) in [6, 6.07) is 8.20. The zero-order valence-electron chi connectivity index (χ0n) is 10.0. The van der Waals surface area contributed by atoms with Gasteiger partial charge in [-0.1, -0.05) is 6.07 Å². The Bertz CT molecular complexity index is 687. The van der Waals surface area contributed by atoms with Gasteiger partial charge in [0.05, 0.1) is 10.5 Å². The van der Waals surface area contributed by atoms with E-state index in [9.17, 15) is 14.9 Å². The molecule has 0 fully saturated rings. The number of anilines is 1. The number of carbonyl (C=O) groups is 1. The Morgan fingerprint density at radius 2 is 2.10 bits per heavy atom. The minimum Gasteiger partial charge on any atom is -0.478 e. The highest BCUT2D eigenvalue weighted by Crippen LogP contribution is 2.26. The van der Waals surface area contributed by atoms with Crippen molar-refractivity contribution < 1.29 is 19.6 Å². The predicted octanol–water partition coefficient (Wildman–Crippen LogP) is 2.06. The predicted molar refractivity (Wildman–Crippen MR) is 68.8 cm³/mol. The fraction of sp³-hybridized carbons (Fsp3) is 0. The van der Waals surface area contributed by atoms with Crippen molar-refractivity contribution in [2.45, 2.75) is 0 Å². The molecule has 1 heterocycles. The molecule has 0 bridgehead atoms. The summed E-state index contributed by atoms with van der Waals surface area (Å²) in [5, 5.41) is 19.4. The molecule has 102 valence electrons. The summed E-state index contributed by atoms with van der Waals surface area (Å²) in [5.74, 6) is -1.09. The molecule has 1 aromatic carbocycles. The zero-order valence-corrected chi connectivity index (χ0v) is 10.0. The van der Waals surface area contributed by atoms with Crippen molar-refractivity contribution in [1.82, 2.24) is 4.98 Å². The fourth-order valence-corrected chi connectivity index (χ4v) is 1.47. The largest absolute Gasteiger partial charge is 0.478 e. The molecule has 0 aliphatic carbocycles. The number of benzene rings is 1. The van der Waals surface area contributed by atoms with Crippen molar-refractivity contribution in [1.29, 1.82) is 0 Å². The second-order valence-corrected chi connectivity index (χ2v) is 3.75. The Morgan fingerprint density at radius 1 is 1.35 bits per heavy atom. The van der Waals surface area contributed by atoms with Crippen LogP contribution in [0.25, 0.3) is 0 Å². The standard InChI is InChI=1S/C12H9N3O5/c13-11-9(15(18)19)4-5-10(14-11)20-8-3-1-2-7(6-8)12(16)17/h1-6H,(H2,13,14)(H,16,17).